The van der Waals surface area contributed by atoms with Crippen LogP contribution in [0.2, 0.25) is 0 Å². The van der Waals surface area contributed by atoms with Crippen molar-refractivity contribution in [2.45, 2.75) is 31.7 Å². The van der Waals surface area contributed by atoms with Gasteiger partial charge >= 0.3 is 5.97 Å². The van der Waals surface area contributed by atoms with Gasteiger partial charge in [-0.05, 0) is 41.8 Å². The number of methoxy groups -OCH3 is 2. The minimum absolute atomic E-state index is 0.0851. The molecule has 1 amide bonds. The summed E-state index contributed by atoms with van der Waals surface area (Å²) in [5.74, 6) is 0.825. The first-order chi connectivity index (χ1) is 13.0. The molecular weight excluding hydrogens is 350 g/mol. The van der Waals surface area contributed by atoms with Crippen LogP contribution in [0.3, 0.4) is 0 Å². The molecular formula is C20H23NO6. The van der Waals surface area contributed by atoms with E-state index in [1.165, 1.54) is 7.11 Å². The highest BCUT2D eigenvalue weighted by Gasteiger charge is 2.33. The van der Waals surface area contributed by atoms with E-state index in [0.717, 1.165) is 16.9 Å². The number of rotatable bonds is 7. The molecule has 27 heavy (non-hydrogen) atoms. The van der Waals surface area contributed by atoms with Gasteiger partial charge in [0, 0.05) is 19.4 Å². The van der Waals surface area contributed by atoms with Gasteiger partial charge in [-0.1, -0.05) is 0 Å². The maximum atomic E-state index is 12.8. The Labute approximate surface area is 157 Å². The number of hydrogen-bond acceptors (Lipinski definition) is 5. The van der Waals surface area contributed by atoms with Crippen molar-refractivity contribution in [2.75, 3.05) is 20.8 Å². The molecule has 1 aliphatic rings. The number of benzene rings is 1. The van der Waals surface area contributed by atoms with Crippen molar-refractivity contribution in [2.24, 2.45) is 0 Å². The van der Waals surface area contributed by atoms with E-state index in [-0.39, 0.29) is 18.7 Å². The van der Waals surface area contributed by atoms with Crippen LogP contribution in [0.4, 0.5) is 0 Å². The zero-order valence-electron chi connectivity index (χ0n) is 15.4. The highest BCUT2D eigenvalue weighted by Crippen LogP contribution is 2.39. The summed E-state index contributed by atoms with van der Waals surface area (Å²) in [5, 5.41) is 9.39. The van der Waals surface area contributed by atoms with Gasteiger partial charge in [-0.15, -0.1) is 0 Å². The van der Waals surface area contributed by atoms with E-state index in [2.05, 4.69) is 0 Å². The molecule has 0 unspecified atom stereocenters. The second kappa shape index (κ2) is 8.16. The van der Waals surface area contributed by atoms with Gasteiger partial charge in [0.2, 0.25) is 5.91 Å². The molecule has 0 bridgehead atoms. The quantitative estimate of drug-likeness (QED) is 0.803. The minimum Gasteiger partial charge on any atom is -0.493 e. The highest BCUT2D eigenvalue weighted by molar-refractivity contribution is 5.79. The minimum atomic E-state index is -0.952. The molecule has 0 saturated heterocycles. The molecule has 1 aromatic carbocycles. The SMILES string of the molecule is COc1cc2c(cc1OC)[C@H](CC(=O)O)N(C(=O)CCc1ccco1)CC2. The lowest BCUT2D eigenvalue weighted by atomic mass is 9.89. The summed E-state index contributed by atoms with van der Waals surface area (Å²) >= 11 is 0. The van der Waals surface area contributed by atoms with Crippen molar-refractivity contribution in [3.63, 3.8) is 0 Å². The van der Waals surface area contributed by atoms with Gasteiger partial charge in [-0.3, -0.25) is 9.59 Å². The van der Waals surface area contributed by atoms with E-state index in [1.807, 2.05) is 12.1 Å². The summed E-state index contributed by atoms with van der Waals surface area (Å²) in [4.78, 5) is 25.9. The first-order valence-corrected chi connectivity index (χ1v) is 8.82. The van der Waals surface area contributed by atoms with Crippen LogP contribution in [0.5, 0.6) is 11.5 Å². The number of carbonyl (C=O) groups is 2. The summed E-state index contributed by atoms with van der Waals surface area (Å²) in [6.45, 7) is 0.470. The van der Waals surface area contributed by atoms with E-state index in [1.54, 1.807) is 30.4 Å². The molecule has 0 saturated carbocycles. The Bertz CT molecular complexity index is 814. The normalized spacial score (nSPS) is 15.9. The monoisotopic (exact) mass is 373 g/mol. The fraction of sp³-hybridized carbons (Fsp3) is 0.400. The Hall–Kier alpha value is -2.96. The number of fused-ring (bicyclic) bond motifs is 1. The molecule has 0 aliphatic carbocycles. The number of ether oxygens (including phenoxy) is 2. The molecule has 1 atom stereocenters. The van der Waals surface area contributed by atoms with E-state index < -0.39 is 12.0 Å². The van der Waals surface area contributed by atoms with E-state index in [0.29, 0.717) is 30.9 Å². The fourth-order valence-corrected chi connectivity index (χ4v) is 3.54. The summed E-state index contributed by atoms with van der Waals surface area (Å²) in [6.07, 6.45) is 2.81. The zero-order valence-corrected chi connectivity index (χ0v) is 15.4. The third-order valence-electron chi connectivity index (χ3n) is 4.86. The maximum absolute atomic E-state index is 12.8. The first kappa shape index (κ1) is 18.8. The fourth-order valence-electron chi connectivity index (χ4n) is 3.54. The molecule has 2 heterocycles. The molecule has 144 valence electrons. The molecule has 1 aliphatic heterocycles. The van der Waals surface area contributed by atoms with Crippen molar-refractivity contribution in [3.05, 3.63) is 47.4 Å². The maximum Gasteiger partial charge on any atom is 0.305 e. The van der Waals surface area contributed by atoms with Crippen LogP contribution in [0.1, 0.15) is 35.8 Å². The number of carboxylic acids is 1. The topological polar surface area (TPSA) is 89.2 Å². The van der Waals surface area contributed by atoms with Crippen molar-refractivity contribution in [1.29, 1.82) is 0 Å². The van der Waals surface area contributed by atoms with Gasteiger partial charge in [0.05, 0.1) is 32.9 Å². The van der Waals surface area contributed by atoms with Crippen LogP contribution in [-0.4, -0.2) is 42.6 Å². The smallest absolute Gasteiger partial charge is 0.305 e. The third-order valence-corrected chi connectivity index (χ3v) is 4.86. The molecule has 1 aromatic heterocycles. The van der Waals surface area contributed by atoms with Crippen LogP contribution < -0.4 is 9.47 Å². The lowest BCUT2D eigenvalue weighted by Crippen LogP contribution is -2.41. The number of aliphatic carboxylic acids is 1. The van der Waals surface area contributed by atoms with Gasteiger partial charge < -0.3 is 23.9 Å². The van der Waals surface area contributed by atoms with Crippen LogP contribution in [0.15, 0.2) is 34.9 Å². The number of aryl methyl sites for hydroxylation is 1. The van der Waals surface area contributed by atoms with E-state index in [4.69, 9.17) is 13.9 Å². The van der Waals surface area contributed by atoms with Gasteiger partial charge in [0.1, 0.15) is 5.76 Å². The Balaban J connectivity index is 1.87. The van der Waals surface area contributed by atoms with Crippen molar-refractivity contribution >= 4 is 11.9 Å². The lowest BCUT2D eigenvalue weighted by molar-refractivity contribution is -0.141. The molecule has 0 radical (unpaired) electrons. The number of nitrogens with zero attached hydrogens (tertiary/aromatic N) is 1. The predicted octanol–water partition coefficient (Wildman–Crippen LogP) is 2.83. The summed E-state index contributed by atoms with van der Waals surface area (Å²) in [5.41, 5.74) is 1.78. The van der Waals surface area contributed by atoms with Gasteiger partial charge in [0.25, 0.3) is 0 Å². The van der Waals surface area contributed by atoms with E-state index >= 15 is 0 Å². The molecule has 7 nitrogen and oxygen atoms in total. The van der Waals surface area contributed by atoms with Crippen molar-refractivity contribution < 1.29 is 28.6 Å². The number of amides is 1. The van der Waals surface area contributed by atoms with Crippen LogP contribution in [-0.2, 0) is 22.4 Å². The van der Waals surface area contributed by atoms with Crippen LogP contribution >= 0.6 is 0 Å². The van der Waals surface area contributed by atoms with Crippen LogP contribution in [0, 0.1) is 0 Å². The van der Waals surface area contributed by atoms with Crippen LogP contribution in [0.25, 0.3) is 0 Å². The second-order valence-corrected chi connectivity index (χ2v) is 6.44. The van der Waals surface area contributed by atoms with Gasteiger partial charge in [-0.2, -0.15) is 0 Å². The molecule has 0 spiro atoms. The average Bonchev–Trinajstić information content (AvgIpc) is 3.18. The lowest BCUT2D eigenvalue weighted by Gasteiger charge is -2.37. The average molecular weight is 373 g/mol. The molecule has 0 fully saturated rings. The van der Waals surface area contributed by atoms with E-state index in [9.17, 15) is 14.7 Å². The Morgan fingerprint density at radius 3 is 2.63 bits per heavy atom. The number of carbonyl (C=O) groups excluding carboxylic acids is 1. The second-order valence-electron chi connectivity index (χ2n) is 6.44. The molecule has 2 aromatic rings. The Morgan fingerprint density at radius 1 is 1.26 bits per heavy atom. The van der Waals surface area contributed by atoms with Crippen molar-refractivity contribution in [3.8, 4) is 11.5 Å². The summed E-state index contributed by atoms with van der Waals surface area (Å²) in [7, 11) is 3.10. The van der Waals surface area contributed by atoms with Gasteiger partial charge in [0.15, 0.2) is 11.5 Å². The summed E-state index contributed by atoms with van der Waals surface area (Å²) in [6, 6.07) is 6.73. The van der Waals surface area contributed by atoms with Crippen molar-refractivity contribution in [1.82, 2.24) is 4.90 Å². The number of carboxylic acid groups (broad SMARTS) is 1. The molecule has 1 N–H and O–H groups in total. The molecule has 3 rings (SSSR count). The molecule has 7 heteroatoms. The highest BCUT2D eigenvalue weighted by atomic mass is 16.5. The Morgan fingerprint density at radius 2 is 2.00 bits per heavy atom. The standard InChI is InChI=1S/C20H23NO6/c1-25-17-10-13-7-8-21(19(22)6-5-14-4-3-9-27-14)16(12-20(23)24)15(13)11-18(17)26-2/h3-4,9-11,16H,5-8,12H2,1-2H3,(H,23,24)/t16-/m0/s1. The zero-order chi connectivity index (χ0) is 19.4. The number of furan rings is 1. The Kier molecular flexibility index (Phi) is 5.69. The largest absolute Gasteiger partial charge is 0.493 e. The third kappa shape index (κ3) is 4.07. The van der Waals surface area contributed by atoms with Gasteiger partial charge in [-0.25, -0.2) is 0 Å². The summed E-state index contributed by atoms with van der Waals surface area (Å²) < 4.78 is 16.0. The number of hydrogen-bond donors (Lipinski definition) is 1. The first-order valence-electron chi connectivity index (χ1n) is 8.82. The predicted molar refractivity (Wildman–Crippen MR) is 97.0 cm³/mol.